The molecule has 15 nitrogen and oxygen atoms in total. The molecular formula is C50H55NO14. The third-order valence-electron chi connectivity index (χ3n) is 14.0. The Bertz CT molecular complexity index is 2420. The lowest BCUT2D eigenvalue weighted by molar-refractivity contribution is -0.346. The Labute approximate surface area is 376 Å². The summed E-state index contributed by atoms with van der Waals surface area (Å²) in [6.07, 6.45) is -8.91. The molecule has 4 aliphatic rings. The Morgan fingerprint density at radius 3 is 2.02 bits per heavy atom. The number of hydrogen-bond acceptors (Lipinski definition) is 14. The molecule has 1 saturated heterocycles. The SMILES string of the molecule is CC(=O)O[C@H]1C(=O)[C@@]2(C)[C@H]([C@H](OC(=O)c3ccccc3)C3(O)C[C@H](OC(=O)[C@H](O)[C@@H](NC(=O)/C(C)=C/c4ccccc4)c4ccccc4)C(C)=C1C3(C)C)[C@]1(OC(C)=O)CO[C@@H]1C[C@@H]2O. The summed E-state index contributed by atoms with van der Waals surface area (Å²) in [6.45, 7) is 9.57. The maximum absolute atomic E-state index is 15.5. The van der Waals surface area contributed by atoms with Gasteiger partial charge in [-0.1, -0.05) is 92.7 Å². The van der Waals surface area contributed by atoms with E-state index in [4.69, 9.17) is 23.7 Å². The van der Waals surface area contributed by atoms with E-state index in [0.717, 1.165) is 19.4 Å². The highest BCUT2D eigenvalue weighted by atomic mass is 16.6. The summed E-state index contributed by atoms with van der Waals surface area (Å²) >= 11 is 0. The van der Waals surface area contributed by atoms with Gasteiger partial charge < -0.3 is 44.3 Å². The molecule has 1 amide bonds. The molecule has 0 radical (unpaired) electrons. The smallest absolute Gasteiger partial charge is 0.338 e. The van der Waals surface area contributed by atoms with Crippen molar-refractivity contribution in [3.8, 4) is 0 Å². The second kappa shape index (κ2) is 17.8. The van der Waals surface area contributed by atoms with E-state index in [2.05, 4.69) is 5.32 Å². The third-order valence-corrected chi connectivity index (χ3v) is 14.0. The van der Waals surface area contributed by atoms with Gasteiger partial charge in [0.05, 0.1) is 35.6 Å². The van der Waals surface area contributed by atoms with Crippen LogP contribution in [0.2, 0.25) is 0 Å². The second-order valence-corrected chi connectivity index (χ2v) is 18.2. The lowest BCUT2D eigenvalue weighted by Gasteiger charge is -2.67. The molecule has 2 bridgehead atoms. The number of aliphatic hydroxyl groups is 3. The van der Waals surface area contributed by atoms with Gasteiger partial charge in [-0.3, -0.25) is 19.2 Å². The van der Waals surface area contributed by atoms with Gasteiger partial charge in [0.1, 0.15) is 23.9 Å². The van der Waals surface area contributed by atoms with E-state index in [-0.39, 0.29) is 35.3 Å². The van der Waals surface area contributed by atoms with Crippen molar-refractivity contribution in [2.75, 3.05) is 6.61 Å². The Morgan fingerprint density at radius 2 is 1.45 bits per heavy atom. The summed E-state index contributed by atoms with van der Waals surface area (Å²) in [4.78, 5) is 84.0. The highest BCUT2D eigenvalue weighted by molar-refractivity contribution is 5.98. The average Bonchev–Trinajstić information content (AvgIpc) is 3.26. The van der Waals surface area contributed by atoms with Crippen LogP contribution in [0.5, 0.6) is 0 Å². The molecule has 0 spiro atoms. The maximum atomic E-state index is 15.5. The number of hydrogen-bond donors (Lipinski definition) is 4. The Hall–Kier alpha value is -6.00. The van der Waals surface area contributed by atoms with Crippen LogP contribution in [0.3, 0.4) is 0 Å². The van der Waals surface area contributed by atoms with Crippen LogP contribution in [0.4, 0.5) is 0 Å². The van der Waals surface area contributed by atoms with Crippen LogP contribution >= 0.6 is 0 Å². The van der Waals surface area contributed by atoms with Gasteiger partial charge in [0, 0.05) is 37.7 Å². The molecule has 3 fully saturated rings. The normalized spacial score (nSPS) is 31.2. The van der Waals surface area contributed by atoms with Crippen LogP contribution in [-0.4, -0.2) is 105 Å². The topological polar surface area (TPSA) is 221 Å². The van der Waals surface area contributed by atoms with Crippen LogP contribution in [-0.2, 0) is 47.7 Å². The lowest BCUT2D eigenvalue weighted by Crippen LogP contribution is -2.82. The fourth-order valence-corrected chi connectivity index (χ4v) is 10.5. The molecular weight excluding hydrogens is 839 g/mol. The van der Waals surface area contributed by atoms with Crippen molar-refractivity contribution in [3.63, 3.8) is 0 Å². The molecule has 2 saturated carbocycles. The zero-order valence-corrected chi connectivity index (χ0v) is 37.3. The molecule has 0 aromatic heterocycles. The second-order valence-electron chi connectivity index (χ2n) is 18.2. The van der Waals surface area contributed by atoms with Crippen molar-refractivity contribution >= 4 is 41.6 Å². The number of benzene rings is 3. The predicted octanol–water partition coefficient (Wildman–Crippen LogP) is 4.53. The first kappa shape index (κ1) is 47.0. The van der Waals surface area contributed by atoms with Gasteiger partial charge in [-0.05, 0) is 61.3 Å². The predicted molar refractivity (Wildman–Crippen MR) is 232 cm³/mol. The summed E-state index contributed by atoms with van der Waals surface area (Å²) in [6, 6.07) is 23.9. The van der Waals surface area contributed by atoms with E-state index in [1.54, 1.807) is 75.4 Å². The molecule has 1 aliphatic heterocycles. The van der Waals surface area contributed by atoms with Gasteiger partial charge in [0.2, 0.25) is 5.91 Å². The van der Waals surface area contributed by atoms with Crippen molar-refractivity contribution in [2.45, 2.75) is 115 Å². The summed E-state index contributed by atoms with van der Waals surface area (Å²) in [5.41, 5.74) is -6.29. The van der Waals surface area contributed by atoms with Crippen molar-refractivity contribution in [2.24, 2.45) is 16.7 Å². The lowest BCUT2D eigenvalue weighted by atomic mass is 9.44. The van der Waals surface area contributed by atoms with Gasteiger partial charge in [-0.25, -0.2) is 9.59 Å². The van der Waals surface area contributed by atoms with E-state index < -0.39 is 113 Å². The summed E-state index contributed by atoms with van der Waals surface area (Å²) in [7, 11) is 0. The molecule has 65 heavy (non-hydrogen) atoms. The number of carbonyl (C=O) groups excluding carboxylic acids is 6. The van der Waals surface area contributed by atoms with Gasteiger partial charge in [0.15, 0.2) is 23.6 Å². The van der Waals surface area contributed by atoms with Crippen molar-refractivity contribution in [1.29, 1.82) is 0 Å². The Kier molecular flexibility index (Phi) is 12.8. The standard InChI is InChI=1S/C50H55NO14/c1-27(23-31-17-11-8-12-18-31)44(57)51-38(32-19-13-9-14-20-32)39(55)46(59)63-34-25-50(60)43(64-45(58)33-21-15-10-16-22-33)41-48(7,35(54)24-36-49(41,26-61-36)65-30(4)53)42(56)40(62-29(3)52)37(28(34)2)47(50,5)6/h8-23,34-36,38-41,43,54-55,60H,24-26H2,1-7H3,(H,51,57)/b27-23+/t34-,35-,36+,38-,39+,40+,41-,43-,48+,49-,50?/m0/s1. The number of amides is 1. The van der Waals surface area contributed by atoms with E-state index >= 15 is 4.79 Å². The van der Waals surface area contributed by atoms with Crippen molar-refractivity contribution in [3.05, 3.63) is 124 Å². The van der Waals surface area contributed by atoms with E-state index in [1.807, 2.05) is 30.3 Å². The van der Waals surface area contributed by atoms with Gasteiger partial charge in [-0.15, -0.1) is 0 Å². The summed E-state index contributed by atoms with van der Waals surface area (Å²) in [5, 5.41) is 40.5. The molecule has 11 atom stereocenters. The summed E-state index contributed by atoms with van der Waals surface area (Å²) in [5.74, 6) is -6.85. The molecule has 15 heteroatoms. The zero-order valence-electron chi connectivity index (χ0n) is 37.3. The van der Waals surface area contributed by atoms with Crippen molar-refractivity contribution < 1.29 is 67.8 Å². The number of carbonyl (C=O) groups is 6. The maximum Gasteiger partial charge on any atom is 0.338 e. The fourth-order valence-electron chi connectivity index (χ4n) is 10.5. The van der Waals surface area contributed by atoms with E-state index in [0.29, 0.717) is 5.56 Å². The largest absolute Gasteiger partial charge is 0.456 e. The number of ether oxygens (including phenoxy) is 5. The van der Waals surface area contributed by atoms with Gasteiger partial charge in [0.25, 0.3) is 0 Å². The summed E-state index contributed by atoms with van der Waals surface area (Å²) < 4.78 is 30.4. The first-order valence-corrected chi connectivity index (χ1v) is 21.6. The first-order chi connectivity index (χ1) is 30.7. The minimum absolute atomic E-state index is 0.00511. The molecule has 344 valence electrons. The number of Topliss-reactive ketones (excluding diaryl/α,β-unsaturated/α-hetero) is 1. The number of nitrogens with one attached hydrogen (secondary N) is 1. The number of aliphatic hydroxyl groups excluding tert-OH is 2. The first-order valence-electron chi connectivity index (χ1n) is 21.6. The highest BCUT2D eigenvalue weighted by Crippen LogP contribution is 2.64. The van der Waals surface area contributed by atoms with Crippen molar-refractivity contribution in [1.82, 2.24) is 5.32 Å². The minimum atomic E-state index is -2.40. The molecule has 1 unspecified atom stereocenters. The molecule has 3 aromatic carbocycles. The van der Waals surface area contributed by atoms with Crippen LogP contribution in [0, 0.1) is 16.7 Å². The number of esters is 4. The highest BCUT2D eigenvalue weighted by Gasteiger charge is 2.78. The van der Waals surface area contributed by atoms with E-state index in [1.165, 1.54) is 26.0 Å². The van der Waals surface area contributed by atoms with Crippen LogP contribution in [0.1, 0.15) is 88.8 Å². The zero-order chi connectivity index (χ0) is 47.2. The molecule has 4 N–H and O–H groups in total. The fraction of sp³-hybridized carbons (Fsp3) is 0.440. The number of fused-ring (bicyclic) bond motifs is 5. The third kappa shape index (κ3) is 8.19. The molecule has 7 rings (SSSR count). The number of ketones is 1. The van der Waals surface area contributed by atoms with Crippen LogP contribution in [0.25, 0.3) is 6.08 Å². The molecule has 3 aliphatic carbocycles. The number of rotatable bonds is 11. The quantitative estimate of drug-likeness (QED) is 0.0900. The van der Waals surface area contributed by atoms with Gasteiger partial charge in [-0.2, -0.15) is 0 Å². The Balaban J connectivity index is 1.36. The average molecular weight is 894 g/mol. The molecule has 1 heterocycles. The molecule has 3 aromatic rings. The Morgan fingerprint density at radius 1 is 0.846 bits per heavy atom. The minimum Gasteiger partial charge on any atom is -0.456 e. The monoisotopic (exact) mass is 893 g/mol. The van der Waals surface area contributed by atoms with Crippen LogP contribution in [0.15, 0.2) is 108 Å². The van der Waals surface area contributed by atoms with Crippen LogP contribution < -0.4 is 5.32 Å². The van der Waals surface area contributed by atoms with E-state index in [9.17, 15) is 39.3 Å². The van der Waals surface area contributed by atoms with Gasteiger partial charge >= 0.3 is 23.9 Å².